The van der Waals surface area contributed by atoms with E-state index in [1.54, 1.807) is 12.1 Å². The molecule has 118 valence electrons. The zero-order valence-corrected chi connectivity index (χ0v) is 14.0. The number of nitrogens with one attached hydrogen (secondary N) is 1. The highest BCUT2D eigenvalue weighted by Gasteiger charge is 2.22. The third kappa shape index (κ3) is 3.76. The molecule has 0 saturated heterocycles. The Morgan fingerprint density at radius 3 is 3.09 bits per heavy atom. The summed E-state index contributed by atoms with van der Waals surface area (Å²) < 4.78 is 5.60. The summed E-state index contributed by atoms with van der Waals surface area (Å²) in [5, 5.41) is 4.25. The lowest BCUT2D eigenvalue weighted by molar-refractivity contribution is -0.119. The summed E-state index contributed by atoms with van der Waals surface area (Å²) in [6.07, 6.45) is 4.75. The van der Waals surface area contributed by atoms with Crippen molar-refractivity contribution in [2.24, 2.45) is 5.92 Å². The van der Waals surface area contributed by atoms with Crippen LogP contribution in [0.25, 0.3) is 11.1 Å². The number of carbonyl (C=O) groups is 1. The van der Waals surface area contributed by atoms with Gasteiger partial charge in [0.2, 0.25) is 5.91 Å². The number of aromatic nitrogens is 1. The number of benzene rings is 1. The Morgan fingerprint density at radius 1 is 1.45 bits per heavy atom. The number of carbonyl (C=O) groups excluding carboxylic acids is 1. The first-order valence-electron chi connectivity index (χ1n) is 7.60. The minimum atomic E-state index is 0.0454. The van der Waals surface area contributed by atoms with Gasteiger partial charge in [-0.3, -0.25) is 4.79 Å². The molecule has 1 saturated carbocycles. The third-order valence-electron chi connectivity index (χ3n) is 4.12. The fourth-order valence-corrected chi connectivity index (χ4v) is 3.66. The van der Waals surface area contributed by atoms with Crippen molar-refractivity contribution in [3.8, 4) is 0 Å². The zero-order valence-electron chi connectivity index (χ0n) is 12.5. The van der Waals surface area contributed by atoms with Gasteiger partial charge in [-0.2, -0.15) is 0 Å². The quantitative estimate of drug-likeness (QED) is 0.846. The Labute approximate surface area is 139 Å². The Morgan fingerprint density at radius 2 is 2.27 bits per heavy atom. The first-order chi connectivity index (χ1) is 10.6. The second-order valence-corrected chi connectivity index (χ2v) is 7.18. The van der Waals surface area contributed by atoms with Crippen LogP contribution in [0.15, 0.2) is 27.8 Å². The molecule has 0 radical (unpaired) electrons. The van der Waals surface area contributed by atoms with Gasteiger partial charge in [-0.15, -0.1) is 0 Å². The van der Waals surface area contributed by atoms with Gasteiger partial charge < -0.3 is 9.73 Å². The van der Waals surface area contributed by atoms with Crippen LogP contribution in [0.1, 0.15) is 32.6 Å². The summed E-state index contributed by atoms with van der Waals surface area (Å²) in [5.41, 5.74) is 1.41. The maximum absolute atomic E-state index is 12.1. The van der Waals surface area contributed by atoms with Gasteiger partial charge in [0.25, 0.3) is 5.22 Å². The minimum absolute atomic E-state index is 0.0454. The van der Waals surface area contributed by atoms with Crippen molar-refractivity contribution in [2.75, 3.05) is 5.75 Å². The monoisotopic (exact) mass is 338 g/mol. The van der Waals surface area contributed by atoms with Gasteiger partial charge in [-0.05, 0) is 30.9 Å². The molecule has 0 spiro atoms. The summed E-state index contributed by atoms with van der Waals surface area (Å²) in [6, 6.07) is 5.63. The van der Waals surface area contributed by atoms with Crippen molar-refractivity contribution in [1.82, 2.24) is 10.3 Å². The maximum Gasteiger partial charge on any atom is 0.257 e. The molecule has 1 amide bonds. The predicted octanol–water partition coefficient (Wildman–Crippen LogP) is 4.27. The average molecular weight is 339 g/mol. The third-order valence-corrected chi connectivity index (χ3v) is 5.18. The lowest BCUT2D eigenvalue weighted by Gasteiger charge is -2.29. The highest BCUT2D eigenvalue weighted by Crippen LogP contribution is 2.26. The van der Waals surface area contributed by atoms with Gasteiger partial charge in [-0.1, -0.05) is 43.1 Å². The van der Waals surface area contributed by atoms with Crippen LogP contribution in [0.5, 0.6) is 0 Å². The molecule has 2 aromatic rings. The number of hydrogen-bond donors (Lipinski definition) is 1. The summed E-state index contributed by atoms with van der Waals surface area (Å²) in [4.78, 5) is 16.4. The van der Waals surface area contributed by atoms with Gasteiger partial charge in [0, 0.05) is 17.1 Å². The van der Waals surface area contributed by atoms with E-state index in [-0.39, 0.29) is 5.91 Å². The Balaban J connectivity index is 1.55. The van der Waals surface area contributed by atoms with Gasteiger partial charge in [0.1, 0.15) is 5.52 Å². The number of halogens is 1. The van der Waals surface area contributed by atoms with Crippen LogP contribution in [0.2, 0.25) is 5.02 Å². The fraction of sp³-hybridized carbons (Fsp3) is 0.500. The van der Waals surface area contributed by atoms with Crippen molar-refractivity contribution >= 4 is 40.4 Å². The fourth-order valence-electron chi connectivity index (χ4n) is 2.85. The van der Waals surface area contributed by atoms with Gasteiger partial charge in [-0.25, -0.2) is 4.98 Å². The summed E-state index contributed by atoms with van der Waals surface area (Å²) in [5.74, 6) is 0.933. The molecule has 1 aromatic carbocycles. The van der Waals surface area contributed by atoms with Crippen molar-refractivity contribution in [2.45, 2.75) is 43.9 Å². The largest absolute Gasteiger partial charge is 0.431 e. The van der Waals surface area contributed by atoms with Crippen LogP contribution in [0.4, 0.5) is 0 Å². The van der Waals surface area contributed by atoms with E-state index < -0.39 is 0 Å². The van der Waals surface area contributed by atoms with E-state index in [0.29, 0.717) is 33.5 Å². The SMILES string of the molecule is C[C@H]1CCCC[C@H]1NC(=O)CSc1nc2ccc(Cl)cc2o1. The van der Waals surface area contributed by atoms with Crippen molar-refractivity contribution in [1.29, 1.82) is 0 Å². The molecule has 0 unspecified atom stereocenters. The van der Waals surface area contributed by atoms with E-state index in [9.17, 15) is 4.79 Å². The van der Waals surface area contributed by atoms with Crippen LogP contribution < -0.4 is 5.32 Å². The van der Waals surface area contributed by atoms with E-state index in [1.807, 2.05) is 6.07 Å². The van der Waals surface area contributed by atoms with Crippen LogP contribution in [0.3, 0.4) is 0 Å². The molecule has 1 fully saturated rings. The summed E-state index contributed by atoms with van der Waals surface area (Å²) in [7, 11) is 0. The molecule has 1 aliphatic rings. The molecule has 1 aliphatic carbocycles. The smallest absolute Gasteiger partial charge is 0.257 e. The molecular formula is C16H19ClN2O2S. The molecule has 1 N–H and O–H groups in total. The molecule has 0 bridgehead atoms. The highest BCUT2D eigenvalue weighted by molar-refractivity contribution is 7.99. The van der Waals surface area contributed by atoms with E-state index in [2.05, 4.69) is 17.2 Å². The van der Waals surface area contributed by atoms with Gasteiger partial charge in [0.05, 0.1) is 5.75 Å². The molecule has 22 heavy (non-hydrogen) atoms. The van der Waals surface area contributed by atoms with Gasteiger partial charge >= 0.3 is 0 Å². The summed E-state index contributed by atoms with van der Waals surface area (Å²) >= 11 is 7.24. The number of fused-ring (bicyclic) bond motifs is 1. The zero-order chi connectivity index (χ0) is 15.5. The normalized spacial score (nSPS) is 21.9. The highest BCUT2D eigenvalue weighted by atomic mass is 35.5. The van der Waals surface area contributed by atoms with Crippen molar-refractivity contribution < 1.29 is 9.21 Å². The van der Waals surface area contributed by atoms with Crippen LogP contribution in [-0.4, -0.2) is 22.7 Å². The standard InChI is InChI=1S/C16H19ClN2O2S/c1-10-4-2-3-5-12(10)18-15(20)9-22-16-19-13-7-6-11(17)8-14(13)21-16/h6-8,10,12H,2-5,9H2,1H3,(H,18,20)/t10-,12+/m0/s1. The van der Waals surface area contributed by atoms with Crippen molar-refractivity contribution in [3.63, 3.8) is 0 Å². The first-order valence-corrected chi connectivity index (χ1v) is 8.96. The molecule has 3 rings (SSSR count). The second-order valence-electron chi connectivity index (χ2n) is 5.82. The molecule has 0 aliphatic heterocycles. The number of thioether (sulfide) groups is 1. The molecule has 1 heterocycles. The molecule has 1 aromatic heterocycles. The lowest BCUT2D eigenvalue weighted by Crippen LogP contribution is -2.41. The average Bonchev–Trinajstić information content (AvgIpc) is 2.89. The van der Waals surface area contributed by atoms with Crippen LogP contribution in [-0.2, 0) is 4.79 Å². The first kappa shape index (κ1) is 15.7. The second kappa shape index (κ2) is 6.92. The summed E-state index contributed by atoms with van der Waals surface area (Å²) in [6.45, 7) is 2.21. The molecule has 6 heteroatoms. The van der Waals surface area contributed by atoms with E-state index in [0.717, 1.165) is 11.9 Å². The topological polar surface area (TPSA) is 55.1 Å². The molecular weight excluding hydrogens is 320 g/mol. The van der Waals surface area contributed by atoms with Crippen molar-refractivity contribution in [3.05, 3.63) is 23.2 Å². The predicted molar refractivity (Wildman–Crippen MR) is 89.3 cm³/mol. The van der Waals surface area contributed by atoms with E-state index in [1.165, 1.54) is 31.0 Å². The van der Waals surface area contributed by atoms with E-state index >= 15 is 0 Å². The Kier molecular flexibility index (Phi) is 4.93. The minimum Gasteiger partial charge on any atom is -0.431 e. The van der Waals surface area contributed by atoms with Crippen LogP contribution >= 0.6 is 23.4 Å². The molecule has 2 atom stereocenters. The van der Waals surface area contributed by atoms with Gasteiger partial charge in [0.15, 0.2) is 5.58 Å². The number of hydrogen-bond acceptors (Lipinski definition) is 4. The lowest BCUT2D eigenvalue weighted by atomic mass is 9.86. The Hall–Kier alpha value is -1.20. The number of rotatable bonds is 4. The number of amides is 1. The maximum atomic E-state index is 12.1. The Bertz CT molecular complexity index is 673. The molecule has 4 nitrogen and oxygen atoms in total. The van der Waals surface area contributed by atoms with Crippen LogP contribution in [0, 0.1) is 5.92 Å². The number of nitrogens with zero attached hydrogens (tertiary/aromatic N) is 1. The van der Waals surface area contributed by atoms with E-state index in [4.69, 9.17) is 16.0 Å². The number of oxazole rings is 1.